The summed E-state index contributed by atoms with van der Waals surface area (Å²) in [5.74, 6) is 1.92. The first kappa shape index (κ1) is 16.3. The molecule has 2 aliphatic heterocycles. The summed E-state index contributed by atoms with van der Waals surface area (Å²) in [6, 6.07) is 0. The highest BCUT2D eigenvalue weighted by atomic mass is 15.3. The Labute approximate surface area is 126 Å². The smallest absolute Gasteiger partial charge is 0.0110 e. The lowest BCUT2D eigenvalue weighted by molar-refractivity contribution is 0.103. The lowest BCUT2D eigenvalue weighted by Gasteiger charge is -2.38. The summed E-state index contributed by atoms with van der Waals surface area (Å²) in [7, 11) is 0. The fraction of sp³-hybridized carbons (Fsp3) is 1.00. The van der Waals surface area contributed by atoms with Gasteiger partial charge in [0.1, 0.15) is 0 Å². The van der Waals surface area contributed by atoms with E-state index in [0.717, 1.165) is 11.8 Å². The van der Waals surface area contributed by atoms with Gasteiger partial charge in [0.2, 0.25) is 0 Å². The molecule has 3 nitrogen and oxygen atoms in total. The van der Waals surface area contributed by atoms with Gasteiger partial charge in [-0.2, -0.15) is 0 Å². The maximum Gasteiger partial charge on any atom is 0.0110 e. The molecular formula is C17H35N3. The molecule has 118 valence electrons. The van der Waals surface area contributed by atoms with Gasteiger partial charge in [0, 0.05) is 39.3 Å². The molecule has 2 saturated heterocycles. The second-order valence-electron chi connectivity index (χ2n) is 6.84. The van der Waals surface area contributed by atoms with E-state index in [1.165, 1.54) is 78.2 Å². The van der Waals surface area contributed by atoms with E-state index >= 15 is 0 Å². The Balaban J connectivity index is 1.59. The second-order valence-corrected chi connectivity index (χ2v) is 6.84. The third-order valence-corrected chi connectivity index (χ3v) is 5.73. The zero-order valence-corrected chi connectivity index (χ0v) is 14.0. The molecule has 2 rings (SSSR count). The largest absolute Gasteiger partial charge is 0.302 e. The van der Waals surface area contributed by atoms with Crippen molar-refractivity contribution in [2.45, 2.75) is 40.0 Å². The maximum atomic E-state index is 2.70. The van der Waals surface area contributed by atoms with Crippen molar-refractivity contribution < 1.29 is 0 Å². The molecule has 0 aromatic rings. The van der Waals surface area contributed by atoms with Crippen molar-refractivity contribution in [3.05, 3.63) is 0 Å². The fourth-order valence-corrected chi connectivity index (χ4v) is 3.69. The van der Waals surface area contributed by atoms with Crippen LogP contribution >= 0.6 is 0 Å². The predicted molar refractivity (Wildman–Crippen MR) is 87.2 cm³/mol. The topological polar surface area (TPSA) is 9.72 Å². The highest BCUT2D eigenvalue weighted by molar-refractivity contribution is 4.77. The molecule has 2 aliphatic rings. The lowest BCUT2D eigenvalue weighted by Crippen LogP contribution is -2.49. The molecule has 0 saturated carbocycles. The summed E-state index contributed by atoms with van der Waals surface area (Å²) >= 11 is 0. The quantitative estimate of drug-likeness (QED) is 0.740. The summed E-state index contributed by atoms with van der Waals surface area (Å²) in [4.78, 5) is 7.92. The van der Waals surface area contributed by atoms with E-state index in [-0.39, 0.29) is 0 Å². The third kappa shape index (κ3) is 4.71. The Hall–Kier alpha value is -0.120. The van der Waals surface area contributed by atoms with Gasteiger partial charge in [0.25, 0.3) is 0 Å². The standard InChI is InChI=1S/C17H35N3/c1-4-16(3)17-6-8-19(9-7-17)14-15-20-12-10-18(5-2)11-13-20/h16-17H,4-15H2,1-3H3. The predicted octanol–water partition coefficient (Wildman–Crippen LogP) is 2.38. The summed E-state index contributed by atoms with van der Waals surface area (Å²) in [6.07, 6.45) is 4.21. The number of likely N-dealkylation sites (tertiary alicyclic amines) is 1. The van der Waals surface area contributed by atoms with Gasteiger partial charge in [-0.05, 0) is 44.3 Å². The van der Waals surface area contributed by atoms with Crippen molar-refractivity contribution in [1.82, 2.24) is 14.7 Å². The van der Waals surface area contributed by atoms with Crippen LogP contribution < -0.4 is 0 Å². The normalized spacial score (nSPS) is 25.9. The third-order valence-electron chi connectivity index (χ3n) is 5.73. The highest BCUT2D eigenvalue weighted by Crippen LogP contribution is 2.26. The Morgan fingerprint density at radius 3 is 1.80 bits per heavy atom. The minimum Gasteiger partial charge on any atom is -0.302 e. The van der Waals surface area contributed by atoms with E-state index in [4.69, 9.17) is 0 Å². The Morgan fingerprint density at radius 2 is 1.30 bits per heavy atom. The van der Waals surface area contributed by atoms with Gasteiger partial charge in [-0.15, -0.1) is 0 Å². The number of likely N-dealkylation sites (N-methyl/N-ethyl adjacent to an activating group) is 1. The van der Waals surface area contributed by atoms with E-state index in [9.17, 15) is 0 Å². The average Bonchev–Trinajstić information content (AvgIpc) is 2.53. The first-order valence-corrected chi connectivity index (χ1v) is 8.90. The van der Waals surface area contributed by atoms with Crippen LogP contribution in [0.25, 0.3) is 0 Å². The van der Waals surface area contributed by atoms with Gasteiger partial charge in [0.05, 0.1) is 0 Å². The molecule has 1 atom stereocenters. The fourth-order valence-electron chi connectivity index (χ4n) is 3.69. The van der Waals surface area contributed by atoms with Crippen LogP contribution in [0.3, 0.4) is 0 Å². The van der Waals surface area contributed by atoms with Crippen molar-refractivity contribution in [1.29, 1.82) is 0 Å². The number of hydrogen-bond donors (Lipinski definition) is 0. The van der Waals surface area contributed by atoms with Crippen LogP contribution in [0.2, 0.25) is 0 Å². The molecule has 0 radical (unpaired) electrons. The second kappa shape index (κ2) is 8.35. The zero-order chi connectivity index (χ0) is 14.4. The lowest BCUT2D eigenvalue weighted by atomic mass is 9.84. The van der Waals surface area contributed by atoms with Gasteiger partial charge in [-0.3, -0.25) is 4.90 Å². The molecule has 0 amide bonds. The van der Waals surface area contributed by atoms with Crippen LogP contribution in [0.4, 0.5) is 0 Å². The molecule has 2 heterocycles. The Morgan fingerprint density at radius 1 is 0.800 bits per heavy atom. The van der Waals surface area contributed by atoms with Crippen molar-refractivity contribution in [3.63, 3.8) is 0 Å². The van der Waals surface area contributed by atoms with E-state index < -0.39 is 0 Å². The molecule has 0 aliphatic carbocycles. The van der Waals surface area contributed by atoms with Crippen LogP contribution in [-0.4, -0.2) is 73.6 Å². The number of nitrogens with zero attached hydrogens (tertiary/aromatic N) is 3. The molecular weight excluding hydrogens is 246 g/mol. The molecule has 2 fully saturated rings. The minimum atomic E-state index is 0.930. The van der Waals surface area contributed by atoms with Crippen molar-refractivity contribution in [3.8, 4) is 0 Å². The summed E-state index contributed by atoms with van der Waals surface area (Å²) in [6.45, 7) is 18.6. The summed E-state index contributed by atoms with van der Waals surface area (Å²) < 4.78 is 0. The van der Waals surface area contributed by atoms with Crippen molar-refractivity contribution >= 4 is 0 Å². The summed E-state index contributed by atoms with van der Waals surface area (Å²) in [5, 5.41) is 0. The molecule has 0 N–H and O–H groups in total. The minimum absolute atomic E-state index is 0.930. The molecule has 3 heteroatoms. The van der Waals surface area contributed by atoms with Gasteiger partial charge >= 0.3 is 0 Å². The number of hydrogen-bond acceptors (Lipinski definition) is 3. The SMILES string of the molecule is CCC(C)C1CCN(CCN2CCN(CC)CC2)CC1. The molecule has 1 unspecified atom stereocenters. The van der Waals surface area contributed by atoms with Gasteiger partial charge in [-0.1, -0.05) is 27.2 Å². The van der Waals surface area contributed by atoms with Gasteiger partial charge < -0.3 is 9.80 Å². The van der Waals surface area contributed by atoms with Gasteiger partial charge in [0.15, 0.2) is 0 Å². The molecule has 0 aromatic carbocycles. The first-order chi connectivity index (χ1) is 9.72. The van der Waals surface area contributed by atoms with Crippen LogP contribution in [0.1, 0.15) is 40.0 Å². The monoisotopic (exact) mass is 281 g/mol. The molecule has 20 heavy (non-hydrogen) atoms. The number of piperidine rings is 1. The number of rotatable bonds is 6. The Kier molecular flexibility index (Phi) is 6.79. The van der Waals surface area contributed by atoms with Crippen molar-refractivity contribution in [2.24, 2.45) is 11.8 Å². The van der Waals surface area contributed by atoms with Crippen LogP contribution in [-0.2, 0) is 0 Å². The zero-order valence-electron chi connectivity index (χ0n) is 14.0. The Bertz CT molecular complexity index is 253. The van der Waals surface area contributed by atoms with E-state index in [0.29, 0.717) is 0 Å². The average molecular weight is 281 g/mol. The highest BCUT2D eigenvalue weighted by Gasteiger charge is 2.23. The van der Waals surface area contributed by atoms with Gasteiger partial charge in [-0.25, -0.2) is 0 Å². The van der Waals surface area contributed by atoms with E-state index in [2.05, 4.69) is 35.5 Å². The van der Waals surface area contributed by atoms with Crippen LogP contribution in [0.5, 0.6) is 0 Å². The molecule has 0 spiro atoms. The first-order valence-electron chi connectivity index (χ1n) is 8.90. The number of piperazine rings is 1. The van der Waals surface area contributed by atoms with E-state index in [1.54, 1.807) is 0 Å². The van der Waals surface area contributed by atoms with Crippen molar-refractivity contribution in [2.75, 3.05) is 58.9 Å². The van der Waals surface area contributed by atoms with E-state index in [1.807, 2.05) is 0 Å². The molecule has 0 bridgehead atoms. The summed E-state index contributed by atoms with van der Waals surface area (Å²) in [5.41, 5.74) is 0. The van der Waals surface area contributed by atoms with Crippen LogP contribution in [0, 0.1) is 11.8 Å². The molecule has 0 aromatic heterocycles. The van der Waals surface area contributed by atoms with Crippen LogP contribution in [0.15, 0.2) is 0 Å². The maximum absolute atomic E-state index is 2.70.